The van der Waals surface area contributed by atoms with Crippen LogP contribution in [-0.4, -0.2) is 87.6 Å². The van der Waals surface area contributed by atoms with E-state index >= 15 is 0 Å². The number of nitrogens with one attached hydrogen (secondary N) is 1. The van der Waals surface area contributed by atoms with Gasteiger partial charge in [0.25, 0.3) is 0 Å². The summed E-state index contributed by atoms with van der Waals surface area (Å²) in [6.45, 7) is 10.3. The van der Waals surface area contributed by atoms with Gasteiger partial charge in [0.15, 0.2) is 6.29 Å². The van der Waals surface area contributed by atoms with Crippen LogP contribution in [0.1, 0.15) is 85.5 Å². The number of aliphatic hydroxyl groups is 5. The van der Waals surface area contributed by atoms with E-state index in [-0.39, 0.29) is 23.0 Å². The molecule has 6 N–H and O–H groups in total. The highest BCUT2D eigenvalue weighted by molar-refractivity contribution is 5.26. The van der Waals surface area contributed by atoms with Crippen LogP contribution in [0.2, 0.25) is 0 Å². The summed E-state index contributed by atoms with van der Waals surface area (Å²) < 4.78 is 11.8. The predicted octanol–water partition coefficient (Wildman–Crippen LogP) is 2.75. The van der Waals surface area contributed by atoms with E-state index in [1.807, 2.05) is 0 Å². The van der Waals surface area contributed by atoms with Crippen molar-refractivity contribution in [2.75, 3.05) is 13.2 Å². The fraction of sp³-hybridized carbons (Fsp3) is 0.939. The summed E-state index contributed by atoms with van der Waals surface area (Å²) in [5.74, 6) is 3.31. The van der Waals surface area contributed by atoms with Gasteiger partial charge in [0.1, 0.15) is 24.4 Å². The highest BCUT2D eigenvalue weighted by Crippen LogP contribution is 2.67. The van der Waals surface area contributed by atoms with E-state index in [9.17, 15) is 25.5 Å². The number of rotatable bonds is 5. The van der Waals surface area contributed by atoms with Gasteiger partial charge in [-0.05, 0) is 111 Å². The summed E-state index contributed by atoms with van der Waals surface area (Å²) in [5, 5.41) is 55.8. The van der Waals surface area contributed by atoms with Crippen molar-refractivity contribution in [3.05, 3.63) is 11.6 Å². The molecule has 2 aliphatic heterocycles. The molecule has 0 aromatic rings. The smallest absolute Gasteiger partial charge is 0.186 e. The van der Waals surface area contributed by atoms with Crippen LogP contribution in [0.4, 0.5) is 0 Å². The summed E-state index contributed by atoms with van der Waals surface area (Å²) in [6.07, 6.45) is 5.37. The molecule has 4 aliphatic carbocycles. The van der Waals surface area contributed by atoms with E-state index < -0.39 is 37.3 Å². The van der Waals surface area contributed by atoms with E-state index in [2.05, 4.69) is 39.1 Å². The number of allylic oxidation sites excluding steroid dienone is 1. The van der Waals surface area contributed by atoms with E-state index in [4.69, 9.17) is 9.47 Å². The molecule has 0 spiro atoms. The Morgan fingerprint density at radius 1 is 1.02 bits per heavy atom. The van der Waals surface area contributed by atoms with Gasteiger partial charge in [-0.3, -0.25) is 0 Å². The van der Waals surface area contributed by atoms with E-state index in [1.54, 1.807) is 0 Å². The number of piperidine rings is 1. The Kier molecular flexibility index (Phi) is 8.47. The highest BCUT2D eigenvalue weighted by Gasteiger charge is 2.62. The zero-order chi connectivity index (χ0) is 29.3. The Hall–Kier alpha value is -0.580. The fourth-order valence-electron chi connectivity index (χ4n) is 10.8. The summed E-state index contributed by atoms with van der Waals surface area (Å²) in [4.78, 5) is 0. The molecule has 41 heavy (non-hydrogen) atoms. The van der Waals surface area contributed by atoms with Crippen LogP contribution in [0.15, 0.2) is 11.6 Å². The van der Waals surface area contributed by atoms with Crippen molar-refractivity contribution in [2.45, 2.75) is 134 Å². The number of fused-ring (bicyclic) bond motifs is 5. The van der Waals surface area contributed by atoms with Crippen molar-refractivity contribution in [1.82, 2.24) is 5.32 Å². The van der Waals surface area contributed by atoms with Gasteiger partial charge in [0.2, 0.25) is 0 Å². The summed E-state index contributed by atoms with van der Waals surface area (Å²) >= 11 is 0. The van der Waals surface area contributed by atoms with Crippen LogP contribution in [0.25, 0.3) is 0 Å². The summed E-state index contributed by atoms with van der Waals surface area (Å²) in [7, 11) is 0. The Bertz CT molecular complexity index is 967. The minimum atomic E-state index is -1.42. The third kappa shape index (κ3) is 5.06. The Balaban J connectivity index is 1.15. The van der Waals surface area contributed by atoms with Crippen molar-refractivity contribution in [1.29, 1.82) is 0 Å². The lowest BCUT2D eigenvalue weighted by molar-refractivity contribution is -0.313. The predicted molar refractivity (Wildman–Crippen MR) is 155 cm³/mol. The fourth-order valence-corrected chi connectivity index (χ4v) is 10.8. The third-order valence-corrected chi connectivity index (χ3v) is 13.2. The zero-order valence-corrected chi connectivity index (χ0v) is 25.5. The van der Waals surface area contributed by atoms with E-state index in [1.165, 1.54) is 31.3 Å². The normalized spacial score (nSPS) is 54.5. The molecule has 0 amide bonds. The largest absolute Gasteiger partial charge is 0.394 e. The minimum Gasteiger partial charge on any atom is -0.394 e. The van der Waals surface area contributed by atoms with Crippen LogP contribution >= 0.6 is 0 Å². The second-order valence-corrected chi connectivity index (χ2v) is 15.4. The Morgan fingerprint density at radius 2 is 1.80 bits per heavy atom. The molecule has 0 aromatic heterocycles. The highest BCUT2D eigenvalue weighted by atomic mass is 16.7. The minimum absolute atomic E-state index is 0.106. The molecule has 2 heterocycles. The maximum Gasteiger partial charge on any atom is 0.186 e. The van der Waals surface area contributed by atoms with Crippen LogP contribution in [0, 0.1) is 46.3 Å². The average molecular weight is 578 g/mol. The third-order valence-electron chi connectivity index (χ3n) is 13.2. The van der Waals surface area contributed by atoms with Crippen molar-refractivity contribution in [3.63, 3.8) is 0 Å². The van der Waals surface area contributed by atoms with Gasteiger partial charge in [-0.15, -0.1) is 0 Å². The first-order valence-electron chi connectivity index (χ1n) is 16.5. The SMILES string of the molecule is C[C@H]1CC[C@H]([C@@H](C)[C@H]2[C@H](O)C[C@H]3[C@@H]4CC=C5CC(O[C@@H]6O[C@H](CO)[C@H](O)[C@H](O)[C@H]6O)CC[C@]5(C)[C@H]4CC[C@]23C)NC1. The van der Waals surface area contributed by atoms with Gasteiger partial charge in [-0.25, -0.2) is 0 Å². The first-order valence-corrected chi connectivity index (χ1v) is 16.5. The summed E-state index contributed by atoms with van der Waals surface area (Å²) in [6, 6.07) is 0.508. The van der Waals surface area contributed by atoms with Gasteiger partial charge in [0.05, 0.1) is 18.8 Å². The van der Waals surface area contributed by atoms with Gasteiger partial charge in [0, 0.05) is 6.04 Å². The van der Waals surface area contributed by atoms with Crippen LogP contribution < -0.4 is 5.32 Å². The number of ether oxygens (including phenoxy) is 2. The molecule has 8 heteroatoms. The van der Waals surface area contributed by atoms with Gasteiger partial charge in [-0.1, -0.05) is 39.3 Å². The van der Waals surface area contributed by atoms with Crippen LogP contribution in [-0.2, 0) is 9.47 Å². The molecule has 1 unspecified atom stereocenters. The lowest BCUT2D eigenvalue weighted by Gasteiger charge is -2.58. The monoisotopic (exact) mass is 577 g/mol. The van der Waals surface area contributed by atoms with Crippen molar-refractivity contribution in [2.24, 2.45) is 46.3 Å². The molecule has 0 radical (unpaired) electrons. The molecule has 6 rings (SSSR count). The Morgan fingerprint density at radius 3 is 2.51 bits per heavy atom. The maximum atomic E-state index is 11.6. The van der Waals surface area contributed by atoms with Crippen molar-refractivity contribution < 1.29 is 35.0 Å². The Labute approximate surface area is 245 Å². The van der Waals surface area contributed by atoms with E-state index in [0.29, 0.717) is 35.6 Å². The zero-order valence-electron chi connectivity index (χ0n) is 25.5. The van der Waals surface area contributed by atoms with Crippen LogP contribution in [0.5, 0.6) is 0 Å². The van der Waals surface area contributed by atoms with Crippen molar-refractivity contribution in [3.8, 4) is 0 Å². The molecule has 8 nitrogen and oxygen atoms in total. The van der Waals surface area contributed by atoms with Gasteiger partial charge >= 0.3 is 0 Å². The molecule has 3 saturated carbocycles. The average Bonchev–Trinajstić information content (AvgIpc) is 3.23. The van der Waals surface area contributed by atoms with Gasteiger partial charge < -0.3 is 40.3 Å². The second-order valence-electron chi connectivity index (χ2n) is 15.4. The molecule has 0 bridgehead atoms. The van der Waals surface area contributed by atoms with Crippen LogP contribution in [0.3, 0.4) is 0 Å². The molecule has 234 valence electrons. The quantitative estimate of drug-likeness (QED) is 0.275. The molecule has 16 atom stereocenters. The summed E-state index contributed by atoms with van der Waals surface area (Å²) in [5.41, 5.74) is 1.72. The van der Waals surface area contributed by atoms with E-state index in [0.717, 1.165) is 44.6 Å². The lowest BCUT2D eigenvalue weighted by Crippen LogP contribution is -2.60. The lowest BCUT2D eigenvalue weighted by atomic mass is 9.47. The molecule has 2 saturated heterocycles. The molecule has 5 fully saturated rings. The first-order chi connectivity index (χ1) is 19.5. The molecule has 0 aromatic carbocycles. The number of hydrogen-bond acceptors (Lipinski definition) is 8. The molecule has 6 aliphatic rings. The first kappa shape index (κ1) is 30.4. The topological polar surface area (TPSA) is 132 Å². The molecular weight excluding hydrogens is 522 g/mol. The molecular formula is C33H55NO7. The number of hydrogen-bond donors (Lipinski definition) is 6. The number of aliphatic hydroxyl groups excluding tert-OH is 5. The second kappa shape index (κ2) is 11.4. The van der Waals surface area contributed by atoms with Crippen molar-refractivity contribution >= 4 is 0 Å². The van der Waals surface area contributed by atoms with Gasteiger partial charge in [-0.2, -0.15) is 0 Å². The standard InChI is InChI=1S/C33H55NO7/c1-17-5-8-24(34-15-17)18(2)27-25(36)14-23-21-7-6-19-13-20(9-11-32(19,3)22(21)10-12-33(23,27)4)40-31-30(39)29(38)28(37)26(16-35)41-31/h6,17-18,20-31,34-39H,5,7-16H2,1-4H3/t17-,18+,20?,21+,22-,23-,24+,25+,26+,27-,28-,29-,30+,31+,32-,33-/m0/s1. The maximum absolute atomic E-state index is 11.6.